The first-order chi connectivity index (χ1) is 14.8. The Balaban J connectivity index is 1.86. The van der Waals surface area contributed by atoms with E-state index in [1.165, 1.54) is 35.4 Å². The fourth-order valence-corrected chi connectivity index (χ4v) is 4.70. The molecule has 0 saturated heterocycles. The third-order valence-electron chi connectivity index (χ3n) is 4.67. The van der Waals surface area contributed by atoms with Crippen molar-refractivity contribution < 1.29 is 14.3 Å². The number of aryl methyl sites for hydroxylation is 1. The molecule has 8 nitrogen and oxygen atoms in total. The molecule has 0 spiro atoms. The first-order valence-corrected chi connectivity index (χ1v) is 11.0. The third-order valence-corrected chi connectivity index (χ3v) is 6.40. The zero-order valence-corrected chi connectivity index (χ0v) is 19.7. The number of urea groups is 1. The zero-order valence-electron chi connectivity index (χ0n) is 16.6. The van der Waals surface area contributed by atoms with Crippen LogP contribution in [0.4, 0.5) is 16.3 Å². The lowest BCUT2D eigenvalue weighted by Crippen LogP contribution is -2.48. The number of nitrogens with zero attached hydrogens (tertiary/aromatic N) is 5. The minimum absolute atomic E-state index is 0.0403. The molecule has 31 heavy (non-hydrogen) atoms. The van der Waals surface area contributed by atoms with Crippen molar-refractivity contribution in [1.82, 2.24) is 15.0 Å². The number of carbonyl (C=O) groups is 1. The van der Waals surface area contributed by atoms with Crippen molar-refractivity contribution in [2.75, 3.05) is 24.0 Å². The highest BCUT2D eigenvalue weighted by atomic mass is 35.5. The van der Waals surface area contributed by atoms with E-state index in [0.29, 0.717) is 22.9 Å². The van der Waals surface area contributed by atoms with E-state index in [2.05, 4.69) is 15.0 Å². The highest BCUT2D eigenvalue weighted by molar-refractivity contribution is 7.09. The first kappa shape index (κ1) is 21.9. The number of halogens is 3. The second kappa shape index (κ2) is 8.66. The van der Waals surface area contributed by atoms with Crippen molar-refractivity contribution in [3.05, 3.63) is 49.2 Å². The fraction of sp³-hybridized carbons (Fsp3) is 0.263. The van der Waals surface area contributed by atoms with Crippen LogP contribution < -0.4 is 19.3 Å². The second-order valence-electron chi connectivity index (χ2n) is 6.56. The molecule has 3 aromatic rings. The minimum atomic E-state index is -0.396. The number of aromatic nitrogens is 3. The summed E-state index contributed by atoms with van der Waals surface area (Å²) in [5, 5.41) is 3.19. The van der Waals surface area contributed by atoms with Crippen molar-refractivity contribution in [2.24, 2.45) is 0 Å². The SMILES string of the molecule is COc1cc(OC)c(Cl)c(N2Cc3cnc(Cl)nc3N(Cc3csc(C)n3)C2=O)c1Cl. The number of benzene rings is 1. The van der Waals surface area contributed by atoms with Crippen LogP contribution in [0.1, 0.15) is 16.3 Å². The van der Waals surface area contributed by atoms with Crippen molar-refractivity contribution >= 4 is 63.7 Å². The Morgan fingerprint density at radius 2 is 1.81 bits per heavy atom. The van der Waals surface area contributed by atoms with Gasteiger partial charge in [0.2, 0.25) is 5.28 Å². The number of amides is 2. The van der Waals surface area contributed by atoms with Gasteiger partial charge in [-0.25, -0.2) is 14.8 Å². The summed E-state index contributed by atoms with van der Waals surface area (Å²) < 4.78 is 10.7. The summed E-state index contributed by atoms with van der Waals surface area (Å²) in [5.74, 6) is 1.06. The summed E-state index contributed by atoms with van der Waals surface area (Å²) >= 11 is 20.6. The molecule has 1 aromatic carbocycles. The summed E-state index contributed by atoms with van der Waals surface area (Å²) in [6.07, 6.45) is 1.57. The normalized spacial score (nSPS) is 13.4. The van der Waals surface area contributed by atoms with Crippen LogP contribution in [0.25, 0.3) is 0 Å². The quantitative estimate of drug-likeness (QED) is 0.438. The van der Waals surface area contributed by atoms with Crippen LogP contribution in [-0.2, 0) is 13.1 Å². The van der Waals surface area contributed by atoms with Gasteiger partial charge in [0.25, 0.3) is 0 Å². The van der Waals surface area contributed by atoms with E-state index in [1.54, 1.807) is 12.3 Å². The van der Waals surface area contributed by atoms with Gasteiger partial charge in [-0.2, -0.15) is 4.98 Å². The zero-order chi connectivity index (χ0) is 22.3. The van der Waals surface area contributed by atoms with Crippen LogP contribution >= 0.6 is 46.1 Å². The number of hydrogen-bond acceptors (Lipinski definition) is 7. The van der Waals surface area contributed by atoms with Gasteiger partial charge in [-0.15, -0.1) is 11.3 Å². The van der Waals surface area contributed by atoms with Crippen LogP contribution in [0.15, 0.2) is 17.6 Å². The van der Waals surface area contributed by atoms with E-state index in [-0.39, 0.29) is 34.1 Å². The Kier molecular flexibility index (Phi) is 6.11. The van der Waals surface area contributed by atoms with Gasteiger partial charge in [0.1, 0.15) is 27.4 Å². The molecule has 0 unspecified atom stereocenters. The van der Waals surface area contributed by atoms with Gasteiger partial charge in [0.15, 0.2) is 0 Å². The summed E-state index contributed by atoms with van der Waals surface area (Å²) in [4.78, 5) is 29.4. The van der Waals surface area contributed by atoms with Crippen LogP contribution in [0, 0.1) is 6.92 Å². The number of hydrogen-bond donors (Lipinski definition) is 0. The molecular formula is C19H16Cl3N5O3S. The van der Waals surface area contributed by atoms with E-state index in [4.69, 9.17) is 44.3 Å². The standard InChI is InChI=1S/C19H16Cl3N5O3S/c1-9-24-11(8-31-9)7-27-17-10(5-23-18(22)25-17)6-26(19(27)28)16-14(20)12(29-2)4-13(30-3)15(16)21/h4-5,8H,6-7H2,1-3H3. The molecule has 162 valence electrons. The van der Waals surface area contributed by atoms with Crippen LogP contribution in [0.2, 0.25) is 15.3 Å². The average molecular weight is 501 g/mol. The van der Waals surface area contributed by atoms with Gasteiger partial charge in [-0.1, -0.05) is 23.2 Å². The summed E-state index contributed by atoms with van der Waals surface area (Å²) in [7, 11) is 2.94. The topological polar surface area (TPSA) is 80.7 Å². The van der Waals surface area contributed by atoms with E-state index in [9.17, 15) is 4.79 Å². The Morgan fingerprint density at radius 3 is 2.39 bits per heavy atom. The Morgan fingerprint density at radius 1 is 1.13 bits per heavy atom. The second-order valence-corrected chi connectivity index (χ2v) is 8.71. The Bertz CT molecular complexity index is 1140. The molecule has 4 rings (SSSR count). The highest BCUT2D eigenvalue weighted by Gasteiger charge is 2.37. The molecule has 2 aromatic heterocycles. The van der Waals surface area contributed by atoms with Crippen molar-refractivity contribution in [2.45, 2.75) is 20.0 Å². The number of anilines is 2. The Hall–Kier alpha value is -2.33. The van der Waals surface area contributed by atoms with E-state index in [0.717, 1.165) is 10.7 Å². The molecule has 3 heterocycles. The molecule has 0 radical (unpaired) electrons. The number of fused-ring (bicyclic) bond motifs is 1. The van der Waals surface area contributed by atoms with Gasteiger partial charge in [-0.05, 0) is 18.5 Å². The summed E-state index contributed by atoms with van der Waals surface area (Å²) in [6.45, 7) is 2.22. The number of rotatable bonds is 5. The maximum absolute atomic E-state index is 13.6. The predicted octanol–water partition coefficient (Wildman–Crippen LogP) is 5.37. The first-order valence-electron chi connectivity index (χ1n) is 8.95. The van der Waals surface area contributed by atoms with E-state index >= 15 is 0 Å². The lowest BCUT2D eigenvalue weighted by Gasteiger charge is -2.36. The van der Waals surface area contributed by atoms with Gasteiger partial charge < -0.3 is 9.47 Å². The van der Waals surface area contributed by atoms with E-state index in [1.807, 2.05) is 12.3 Å². The number of ether oxygens (including phenoxy) is 2. The molecule has 2 amide bonds. The molecule has 1 aliphatic rings. The summed E-state index contributed by atoms with van der Waals surface area (Å²) in [6, 6.07) is 1.17. The smallest absolute Gasteiger partial charge is 0.330 e. The Labute approximate surface area is 197 Å². The number of thiazole rings is 1. The van der Waals surface area contributed by atoms with E-state index < -0.39 is 6.03 Å². The van der Waals surface area contributed by atoms with Gasteiger partial charge >= 0.3 is 6.03 Å². The van der Waals surface area contributed by atoms with Gasteiger partial charge in [0, 0.05) is 23.2 Å². The molecule has 0 saturated carbocycles. The predicted molar refractivity (Wildman–Crippen MR) is 121 cm³/mol. The average Bonchev–Trinajstić information content (AvgIpc) is 3.16. The molecule has 1 aliphatic heterocycles. The van der Waals surface area contributed by atoms with Crippen molar-refractivity contribution in [1.29, 1.82) is 0 Å². The highest BCUT2D eigenvalue weighted by Crippen LogP contribution is 2.48. The molecule has 0 bridgehead atoms. The molecule has 0 fully saturated rings. The monoisotopic (exact) mass is 499 g/mol. The molecule has 0 N–H and O–H groups in total. The van der Waals surface area contributed by atoms with Gasteiger partial charge in [0.05, 0.1) is 43.7 Å². The van der Waals surface area contributed by atoms with Crippen LogP contribution in [-0.4, -0.2) is 35.2 Å². The maximum Gasteiger partial charge on any atom is 0.330 e. The summed E-state index contributed by atoms with van der Waals surface area (Å²) in [5.41, 5.74) is 1.66. The number of methoxy groups -OCH3 is 2. The lowest BCUT2D eigenvalue weighted by atomic mass is 10.1. The van der Waals surface area contributed by atoms with Crippen LogP contribution in [0.3, 0.4) is 0 Å². The van der Waals surface area contributed by atoms with Crippen LogP contribution in [0.5, 0.6) is 11.5 Å². The lowest BCUT2D eigenvalue weighted by molar-refractivity contribution is 0.249. The molecule has 12 heteroatoms. The largest absolute Gasteiger partial charge is 0.495 e. The third kappa shape index (κ3) is 3.98. The van der Waals surface area contributed by atoms with Crippen molar-refractivity contribution in [3.63, 3.8) is 0 Å². The molecule has 0 aliphatic carbocycles. The minimum Gasteiger partial charge on any atom is -0.495 e. The van der Waals surface area contributed by atoms with Gasteiger partial charge in [-0.3, -0.25) is 9.80 Å². The fourth-order valence-electron chi connectivity index (χ4n) is 3.27. The maximum atomic E-state index is 13.6. The van der Waals surface area contributed by atoms with Crippen molar-refractivity contribution in [3.8, 4) is 11.5 Å². The molecule has 0 atom stereocenters. The number of carbonyl (C=O) groups excluding carboxylic acids is 1. The molecular weight excluding hydrogens is 485 g/mol.